The fraction of sp³-hybridized carbons (Fsp3) is 0.583. The normalized spacial score (nSPS) is 30.4. The molecule has 2 aliphatic heterocycles. The largest absolute Gasteiger partial charge is 0.381 e. The molecule has 5 rings (SSSR count). The summed E-state index contributed by atoms with van der Waals surface area (Å²) in [6.45, 7) is 5.56. The van der Waals surface area contributed by atoms with Crippen LogP contribution in [-0.4, -0.2) is 80.1 Å². The smallest absolute Gasteiger partial charge is 0.228 e. The Labute approximate surface area is 198 Å². The maximum atomic E-state index is 14.4. The van der Waals surface area contributed by atoms with Crippen molar-refractivity contribution in [1.82, 2.24) is 9.88 Å². The summed E-state index contributed by atoms with van der Waals surface area (Å²) in [6.07, 6.45) is 2.44. The molecule has 0 unspecified atom stereocenters. The van der Waals surface area contributed by atoms with E-state index < -0.39 is 11.7 Å². The van der Waals surface area contributed by atoms with E-state index in [1.807, 2.05) is 25.1 Å². The molecule has 1 aromatic heterocycles. The first-order valence-electron chi connectivity index (χ1n) is 11.5. The Morgan fingerprint density at radius 3 is 2.67 bits per heavy atom. The second-order valence-corrected chi connectivity index (χ2v) is 9.96. The van der Waals surface area contributed by atoms with Crippen molar-refractivity contribution in [2.24, 2.45) is 5.92 Å². The maximum Gasteiger partial charge on any atom is 0.228 e. The molecule has 1 N–H and O–H groups in total. The van der Waals surface area contributed by atoms with Gasteiger partial charge in [-0.1, -0.05) is 11.6 Å². The van der Waals surface area contributed by atoms with Crippen LogP contribution in [0.5, 0.6) is 0 Å². The molecule has 3 aliphatic rings. The van der Waals surface area contributed by atoms with Crippen LogP contribution in [0.3, 0.4) is 0 Å². The molecule has 9 heteroatoms. The minimum Gasteiger partial charge on any atom is -0.381 e. The van der Waals surface area contributed by atoms with Gasteiger partial charge in [-0.25, -0.2) is 9.37 Å². The second kappa shape index (κ2) is 8.98. The Morgan fingerprint density at radius 2 is 2.00 bits per heavy atom. The third kappa shape index (κ3) is 4.30. The molecule has 1 aromatic carbocycles. The molecule has 0 bridgehead atoms. The van der Waals surface area contributed by atoms with Gasteiger partial charge in [0.15, 0.2) is 0 Å². The minimum absolute atomic E-state index is 0.0176. The Hall–Kier alpha value is -2.00. The quantitative estimate of drug-likeness (QED) is 0.712. The monoisotopic (exact) mass is 476 g/mol. The minimum atomic E-state index is -0.963. The molecule has 7 nitrogen and oxygen atoms in total. The number of ether oxygens (including phenoxy) is 2. The summed E-state index contributed by atoms with van der Waals surface area (Å²) in [5, 5.41) is 5.47. The topological polar surface area (TPSA) is 66.9 Å². The van der Waals surface area contributed by atoms with Crippen molar-refractivity contribution in [2.75, 3.05) is 56.7 Å². The summed E-state index contributed by atoms with van der Waals surface area (Å²) < 4.78 is 25.1. The van der Waals surface area contributed by atoms with Crippen molar-refractivity contribution in [1.29, 1.82) is 0 Å². The molecule has 0 radical (unpaired) electrons. The fourth-order valence-corrected chi connectivity index (χ4v) is 5.34. The lowest BCUT2D eigenvalue weighted by atomic mass is 9.81. The third-order valence-electron chi connectivity index (χ3n) is 7.51. The van der Waals surface area contributed by atoms with Crippen molar-refractivity contribution < 1.29 is 18.7 Å². The molecule has 1 saturated carbocycles. The zero-order valence-electron chi connectivity index (χ0n) is 19.0. The lowest BCUT2D eigenvalue weighted by Crippen LogP contribution is -2.59. The van der Waals surface area contributed by atoms with Gasteiger partial charge < -0.3 is 19.7 Å². The molecule has 0 spiro atoms. The number of piperazine rings is 1. The highest BCUT2D eigenvalue weighted by molar-refractivity contribution is 6.34. The highest BCUT2D eigenvalue weighted by Gasteiger charge is 2.46. The molecule has 2 saturated heterocycles. The van der Waals surface area contributed by atoms with Crippen LogP contribution in [0.15, 0.2) is 24.4 Å². The van der Waals surface area contributed by atoms with Crippen LogP contribution in [0.2, 0.25) is 5.02 Å². The van der Waals surface area contributed by atoms with Crippen LogP contribution >= 0.6 is 11.6 Å². The van der Waals surface area contributed by atoms with Gasteiger partial charge in [-0.3, -0.25) is 9.69 Å². The van der Waals surface area contributed by atoms with E-state index in [-0.39, 0.29) is 24.5 Å². The molecule has 3 heterocycles. The predicted octanol–water partition coefficient (Wildman–Crippen LogP) is 3.50. The summed E-state index contributed by atoms with van der Waals surface area (Å²) in [4.78, 5) is 21.3. The average Bonchev–Trinajstić information content (AvgIpc) is 3.12. The lowest BCUT2D eigenvalue weighted by molar-refractivity contribution is -0.127. The fourth-order valence-electron chi connectivity index (χ4n) is 5.05. The third-order valence-corrected chi connectivity index (χ3v) is 7.82. The number of halogens is 2. The van der Waals surface area contributed by atoms with Crippen LogP contribution < -0.4 is 10.2 Å². The lowest BCUT2D eigenvalue weighted by Gasteiger charge is -2.44. The first-order valence-corrected chi connectivity index (χ1v) is 11.9. The van der Waals surface area contributed by atoms with Crippen molar-refractivity contribution in [3.8, 4) is 0 Å². The molecular formula is C24H30ClFN4O3. The summed E-state index contributed by atoms with van der Waals surface area (Å²) in [5.74, 6) is 0.492. The van der Waals surface area contributed by atoms with Crippen LogP contribution in [0.4, 0.5) is 15.9 Å². The first-order chi connectivity index (χ1) is 15.9. The number of carbonyl (C=O) groups excluding carboxylic acids is 1. The van der Waals surface area contributed by atoms with Crippen LogP contribution in [-0.2, 0) is 14.3 Å². The van der Waals surface area contributed by atoms with E-state index in [2.05, 4.69) is 20.1 Å². The van der Waals surface area contributed by atoms with E-state index in [1.165, 1.54) is 0 Å². The van der Waals surface area contributed by atoms with Gasteiger partial charge in [-0.15, -0.1) is 0 Å². The summed E-state index contributed by atoms with van der Waals surface area (Å²) >= 11 is 6.63. The Bertz CT molecular complexity index is 1040. The molecular weight excluding hydrogens is 447 g/mol. The predicted molar refractivity (Wildman–Crippen MR) is 127 cm³/mol. The maximum absolute atomic E-state index is 14.4. The van der Waals surface area contributed by atoms with Crippen molar-refractivity contribution in [2.45, 2.75) is 37.6 Å². The van der Waals surface area contributed by atoms with Gasteiger partial charge in [0, 0.05) is 50.8 Å². The number of anilines is 2. The molecule has 33 heavy (non-hydrogen) atoms. The van der Waals surface area contributed by atoms with Crippen LogP contribution in [0.25, 0.3) is 10.8 Å². The van der Waals surface area contributed by atoms with Crippen molar-refractivity contribution >= 4 is 39.8 Å². The Balaban J connectivity index is 1.29. The second-order valence-electron chi connectivity index (χ2n) is 9.55. The number of hydrogen-bond donors (Lipinski definition) is 1. The van der Waals surface area contributed by atoms with Gasteiger partial charge in [0.05, 0.1) is 35.6 Å². The van der Waals surface area contributed by atoms with Crippen LogP contribution in [0, 0.1) is 5.92 Å². The number of nitrogens with one attached hydrogen (secondary N) is 1. The number of carbonyl (C=O) groups is 1. The first kappa shape index (κ1) is 22.8. The molecule has 3 fully saturated rings. The summed E-state index contributed by atoms with van der Waals surface area (Å²) in [5.41, 5.74) is 0.390. The van der Waals surface area contributed by atoms with Gasteiger partial charge in [0.2, 0.25) is 5.91 Å². The SMILES string of the molecule is COC1CC(C(=O)Nc2cc3cc(N4CCN([C@@]5(C)COC[C@H]5F)CC4)c(Cl)cc3cn2)C1. The van der Waals surface area contributed by atoms with E-state index in [0.29, 0.717) is 17.4 Å². The number of aromatic nitrogens is 1. The Morgan fingerprint density at radius 1 is 1.24 bits per heavy atom. The average molecular weight is 477 g/mol. The summed E-state index contributed by atoms with van der Waals surface area (Å²) in [6, 6.07) is 5.85. The van der Waals surface area contributed by atoms with Crippen LogP contribution in [0.1, 0.15) is 19.8 Å². The highest BCUT2D eigenvalue weighted by atomic mass is 35.5. The summed E-state index contributed by atoms with van der Waals surface area (Å²) in [7, 11) is 1.67. The number of rotatable bonds is 5. The molecule has 178 valence electrons. The number of fused-ring (bicyclic) bond motifs is 1. The zero-order chi connectivity index (χ0) is 23.2. The van der Waals surface area contributed by atoms with E-state index in [4.69, 9.17) is 21.1 Å². The number of nitrogens with zero attached hydrogens (tertiary/aromatic N) is 3. The van der Waals surface area contributed by atoms with Gasteiger partial charge in [0.25, 0.3) is 0 Å². The molecule has 1 amide bonds. The van der Waals surface area contributed by atoms with Gasteiger partial charge in [0.1, 0.15) is 12.0 Å². The van der Waals surface area contributed by atoms with Gasteiger partial charge in [-0.2, -0.15) is 0 Å². The number of benzene rings is 1. The number of methoxy groups -OCH3 is 1. The number of amides is 1. The number of pyridine rings is 1. The highest BCUT2D eigenvalue weighted by Crippen LogP contribution is 2.35. The number of alkyl halides is 1. The number of hydrogen-bond acceptors (Lipinski definition) is 6. The van der Waals surface area contributed by atoms with E-state index in [9.17, 15) is 9.18 Å². The van der Waals surface area contributed by atoms with E-state index >= 15 is 0 Å². The molecule has 2 aromatic rings. The standard InChI is InChI=1S/C24H30ClFN4O3/c1-24(14-33-13-21(24)26)30-5-3-29(4-6-30)20-10-15-11-22(27-12-17(15)9-19(20)25)28-23(31)16-7-18(8-16)32-2/h9-12,16,18,21H,3-8,13-14H2,1-2H3,(H,27,28,31)/t16?,18?,21-,24+/m1/s1. The van der Waals surface area contributed by atoms with Gasteiger partial charge >= 0.3 is 0 Å². The molecule has 2 atom stereocenters. The van der Waals surface area contributed by atoms with Crippen molar-refractivity contribution in [3.05, 3.63) is 29.4 Å². The molecule has 1 aliphatic carbocycles. The van der Waals surface area contributed by atoms with E-state index in [0.717, 1.165) is 55.5 Å². The Kier molecular flexibility index (Phi) is 6.20. The van der Waals surface area contributed by atoms with Gasteiger partial charge in [-0.05, 0) is 43.4 Å². The van der Waals surface area contributed by atoms with E-state index in [1.54, 1.807) is 13.3 Å². The zero-order valence-corrected chi connectivity index (χ0v) is 19.8. The van der Waals surface area contributed by atoms with Crippen molar-refractivity contribution in [3.63, 3.8) is 0 Å².